The van der Waals surface area contributed by atoms with Crippen LogP contribution in [0.1, 0.15) is 58.5 Å². The minimum absolute atomic E-state index is 0.00581. The molecule has 39 heavy (non-hydrogen) atoms. The number of carbonyl (C=O) groups excluding carboxylic acids is 3. The van der Waals surface area contributed by atoms with Gasteiger partial charge in [0.2, 0.25) is 0 Å². The van der Waals surface area contributed by atoms with Crippen molar-refractivity contribution >= 4 is 40.6 Å². The lowest BCUT2D eigenvalue weighted by Crippen LogP contribution is -2.31. The fourth-order valence-corrected chi connectivity index (χ4v) is 5.69. The van der Waals surface area contributed by atoms with E-state index < -0.39 is 35.4 Å². The number of thiophene rings is 1. The van der Waals surface area contributed by atoms with E-state index in [-0.39, 0.29) is 26.9 Å². The summed E-state index contributed by atoms with van der Waals surface area (Å²) in [7, 11) is 0. The van der Waals surface area contributed by atoms with Gasteiger partial charge in [-0.25, -0.2) is 22.8 Å². The van der Waals surface area contributed by atoms with E-state index in [1.807, 2.05) is 32.9 Å². The number of nitrogens with one attached hydrogen (secondary N) is 3. The lowest BCUT2D eigenvalue weighted by molar-refractivity contribution is -0.155. The molecular weight excluding hydrogens is 531 g/mol. The number of hydroxylamine groups is 1. The number of rotatable bonds is 5. The molecule has 2 aromatic carbocycles. The van der Waals surface area contributed by atoms with Crippen LogP contribution in [0.2, 0.25) is 0 Å². The molecule has 3 amide bonds. The molecule has 1 saturated carbocycles. The molecule has 7 nitrogen and oxygen atoms in total. The summed E-state index contributed by atoms with van der Waals surface area (Å²) in [6.45, 7) is 5.62. The van der Waals surface area contributed by atoms with Gasteiger partial charge in [0.15, 0.2) is 17.5 Å². The van der Waals surface area contributed by atoms with Crippen LogP contribution in [0.15, 0.2) is 30.3 Å². The van der Waals surface area contributed by atoms with Crippen molar-refractivity contribution in [1.82, 2.24) is 5.48 Å². The molecule has 1 aliphatic rings. The molecule has 4 rings (SSSR count). The highest BCUT2D eigenvalue weighted by Gasteiger charge is 2.26. The molecule has 0 radical (unpaired) electrons. The zero-order valence-electron chi connectivity index (χ0n) is 21.7. The SMILES string of the molecule is Cc1cc(C)c(NC(=O)Nc2cc(-c3cc(F)c(F)c(F)c3)sc2C(=O)NOC(=O)C2CCCCC2)c(C)c1. The number of amides is 3. The molecule has 0 spiro atoms. The van der Waals surface area contributed by atoms with Crippen molar-refractivity contribution in [3.63, 3.8) is 0 Å². The zero-order chi connectivity index (χ0) is 28.3. The Morgan fingerprint density at radius 3 is 2.10 bits per heavy atom. The summed E-state index contributed by atoms with van der Waals surface area (Å²) in [6.07, 6.45) is 4.18. The number of halogens is 3. The second kappa shape index (κ2) is 11.9. The quantitative estimate of drug-likeness (QED) is 0.228. The minimum atomic E-state index is -1.62. The highest BCUT2D eigenvalue weighted by Crippen LogP contribution is 2.36. The summed E-state index contributed by atoms with van der Waals surface area (Å²) in [5.74, 6) is -6.12. The Labute approximate surface area is 227 Å². The molecular formula is C28H28F3N3O4S. The first kappa shape index (κ1) is 28.2. The number of benzene rings is 2. The van der Waals surface area contributed by atoms with Crippen LogP contribution < -0.4 is 16.1 Å². The van der Waals surface area contributed by atoms with E-state index in [1.165, 1.54) is 6.07 Å². The van der Waals surface area contributed by atoms with E-state index in [0.717, 1.165) is 59.4 Å². The maximum Gasteiger partial charge on any atom is 0.335 e. The Morgan fingerprint density at radius 2 is 1.49 bits per heavy atom. The predicted molar refractivity (Wildman–Crippen MR) is 143 cm³/mol. The van der Waals surface area contributed by atoms with Crippen molar-refractivity contribution in [2.45, 2.75) is 52.9 Å². The lowest BCUT2D eigenvalue weighted by Gasteiger charge is -2.19. The van der Waals surface area contributed by atoms with Crippen molar-refractivity contribution in [1.29, 1.82) is 0 Å². The topological polar surface area (TPSA) is 96.5 Å². The van der Waals surface area contributed by atoms with Gasteiger partial charge >= 0.3 is 12.0 Å². The molecule has 0 bridgehead atoms. The van der Waals surface area contributed by atoms with Crippen LogP contribution >= 0.6 is 11.3 Å². The standard InChI is InChI=1S/C28H28F3N3O4S/c1-14-9-15(2)24(16(3)10-14)33-28(37)32-21-13-22(18-11-19(29)23(31)20(30)12-18)39-25(21)26(35)34-38-27(36)17-7-5-4-6-8-17/h9-13,17H,4-8H2,1-3H3,(H,34,35)(H2,32,33,37). The Morgan fingerprint density at radius 1 is 0.872 bits per heavy atom. The first-order chi connectivity index (χ1) is 18.5. The van der Waals surface area contributed by atoms with Gasteiger partial charge in [0.25, 0.3) is 5.91 Å². The molecule has 1 heterocycles. The maximum atomic E-state index is 13.9. The number of hydrogen-bond donors (Lipinski definition) is 3. The van der Waals surface area contributed by atoms with E-state index in [2.05, 4.69) is 16.1 Å². The summed E-state index contributed by atoms with van der Waals surface area (Å²) >= 11 is 0.786. The van der Waals surface area contributed by atoms with Crippen molar-refractivity contribution in [2.24, 2.45) is 5.92 Å². The van der Waals surface area contributed by atoms with Crippen LogP contribution in [0.5, 0.6) is 0 Å². The molecule has 0 aliphatic heterocycles. The fraction of sp³-hybridized carbons (Fsp3) is 0.321. The molecule has 3 aromatic rings. The second-order valence-corrected chi connectivity index (χ2v) is 10.7. The Kier molecular flexibility index (Phi) is 8.59. The highest BCUT2D eigenvalue weighted by molar-refractivity contribution is 7.18. The van der Waals surface area contributed by atoms with Gasteiger partial charge in [-0.15, -0.1) is 11.3 Å². The molecule has 11 heteroatoms. The van der Waals surface area contributed by atoms with E-state index in [4.69, 9.17) is 4.84 Å². The van der Waals surface area contributed by atoms with Crippen LogP contribution in [-0.4, -0.2) is 17.9 Å². The zero-order valence-corrected chi connectivity index (χ0v) is 22.5. The third-order valence-corrected chi connectivity index (χ3v) is 7.74. The summed E-state index contributed by atoms with van der Waals surface area (Å²) in [4.78, 5) is 43.4. The third kappa shape index (κ3) is 6.59. The van der Waals surface area contributed by atoms with E-state index in [9.17, 15) is 27.6 Å². The van der Waals surface area contributed by atoms with Crippen molar-refractivity contribution in [3.8, 4) is 10.4 Å². The van der Waals surface area contributed by atoms with Gasteiger partial charge in [0.05, 0.1) is 11.6 Å². The van der Waals surface area contributed by atoms with Gasteiger partial charge in [-0.1, -0.05) is 37.0 Å². The molecule has 0 saturated heterocycles. The summed E-state index contributed by atoms with van der Waals surface area (Å²) < 4.78 is 41.3. The van der Waals surface area contributed by atoms with Gasteiger partial charge in [0.1, 0.15) is 4.88 Å². The van der Waals surface area contributed by atoms with Crippen LogP contribution in [0.4, 0.5) is 29.3 Å². The largest absolute Gasteiger partial charge is 0.340 e. The molecule has 1 fully saturated rings. The van der Waals surface area contributed by atoms with Gasteiger partial charge in [-0.3, -0.25) is 4.79 Å². The number of aryl methyl sites for hydroxylation is 3. The monoisotopic (exact) mass is 559 g/mol. The first-order valence-electron chi connectivity index (χ1n) is 12.5. The number of carbonyl (C=O) groups is 3. The van der Waals surface area contributed by atoms with Gasteiger partial charge in [0, 0.05) is 10.6 Å². The smallest absolute Gasteiger partial charge is 0.335 e. The minimum Gasteiger partial charge on any atom is -0.340 e. The number of hydrogen-bond acceptors (Lipinski definition) is 5. The average molecular weight is 560 g/mol. The summed E-state index contributed by atoms with van der Waals surface area (Å²) in [5, 5.41) is 5.34. The van der Waals surface area contributed by atoms with Crippen molar-refractivity contribution in [3.05, 3.63) is 69.4 Å². The van der Waals surface area contributed by atoms with Crippen LogP contribution in [0.3, 0.4) is 0 Å². The summed E-state index contributed by atoms with van der Waals surface area (Å²) in [6, 6.07) is 6.06. The predicted octanol–water partition coefficient (Wildman–Crippen LogP) is 7.17. The van der Waals surface area contributed by atoms with Gasteiger partial charge in [-0.2, -0.15) is 5.48 Å². The van der Waals surface area contributed by atoms with Crippen LogP contribution in [0.25, 0.3) is 10.4 Å². The molecule has 3 N–H and O–H groups in total. The lowest BCUT2D eigenvalue weighted by atomic mass is 9.89. The van der Waals surface area contributed by atoms with E-state index in [1.54, 1.807) is 0 Å². The Bertz CT molecular complexity index is 1390. The Hall–Kier alpha value is -3.86. The normalized spacial score (nSPS) is 13.6. The number of anilines is 2. The third-order valence-electron chi connectivity index (χ3n) is 6.55. The first-order valence-corrected chi connectivity index (χ1v) is 13.3. The molecule has 1 aromatic heterocycles. The van der Waals surface area contributed by atoms with Gasteiger partial charge < -0.3 is 15.5 Å². The fourth-order valence-electron chi connectivity index (χ4n) is 4.70. The van der Waals surface area contributed by atoms with Crippen LogP contribution in [-0.2, 0) is 9.63 Å². The van der Waals surface area contributed by atoms with E-state index >= 15 is 0 Å². The van der Waals surface area contributed by atoms with Crippen LogP contribution in [0, 0.1) is 44.1 Å². The second-order valence-electron chi connectivity index (χ2n) is 9.65. The molecule has 206 valence electrons. The molecule has 0 atom stereocenters. The van der Waals surface area contributed by atoms with Crippen molar-refractivity contribution in [2.75, 3.05) is 10.6 Å². The van der Waals surface area contributed by atoms with E-state index in [0.29, 0.717) is 18.5 Å². The Balaban J connectivity index is 1.59. The van der Waals surface area contributed by atoms with Crippen molar-refractivity contribution < 1.29 is 32.4 Å². The highest BCUT2D eigenvalue weighted by atomic mass is 32.1. The number of urea groups is 1. The molecule has 1 aliphatic carbocycles. The molecule has 0 unspecified atom stereocenters. The maximum absolute atomic E-state index is 13.9. The summed E-state index contributed by atoms with van der Waals surface area (Å²) in [5.41, 5.74) is 5.37. The average Bonchev–Trinajstić information content (AvgIpc) is 3.31. The van der Waals surface area contributed by atoms with Gasteiger partial charge in [-0.05, 0) is 68.5 Å².